The van der Waals surface area contributed by atoms with Crippen molar-refractivity contribution in [3.05, 3.63) is 65.9 Å². The third kappa shape index (κ3) is 3.45. The molecule has 0 fully saturated rings. The van der Waals surface area contributed by atoms with Crippen molar-refractivity contribution < 1.29 is 31.1 Å². The van der Waals surface area contributed by atoms with Crippen LogP contribution in [0, 0.1) is 0 Å². The molecule has 1 aromatic heterocycles. The minimum absolute atomic E-state index is 0.146. The van der Waals surface area contributed by atoms with Gasteiger partial charge in [-0.05, 0) is 42.0 Å². The van der Waals surface area contributed by atoms with E-state index in [1.54, 1.807) is 24.3 Å². The van der Waals surface area contributed by atoms with E-state index in [1.807, 2.05) is 0 Å². The molecule has 0 unspecified atom stereocenters. The zero-order chi connectivity index (χ0) is 19.9. The molecule has 0 atom stereocenters. The smallest absolute Gasteiger partial charge is 0.416 e. The van der Waals surface area contributed by atoms with Gasteiger partial charge in [0.2, 0.25) is 16.8 Å². The number of halogens is 3. The highest BCUT2D eigenvalue weighted by Crippen LogP contribution is 2.33. The summed E-state index contributed by atoms with van der Waals surface area (Å²) in [6.45, 7) is 0.146. The van der Waals surface area contributed by atoms with E-state index < -0.39 is 21.8 Å². The lowest BCUT2D eigenvalue weighted by molar-refractivity contribution is -0.137. The molecule has 1 aliphatic rings. The third-order valence-electron chi connectivity index (χ3n) is 4.30. The molecule has 0 bridgehead atoms. The van der Waals surface area contributed by atoms with Crippen LogP contribution in [0.15, 0.2) is 54.7 Å². The Labute approximate surface area is 158 Å². The van der Waals surface area contributed by atoms with Crippen LogP contribution in [-0.4, -0.2) is 24.9 Å². The molecule has 5 nitrogen and oxygen atoms in total. The summed E-state index contributed by atoms with van der Waals surface area (Å²) in [6.07, 6.45) is -0.118. The Morgan fingerprint density at radius 1 is 1.04 bits per heavy atom. The fourth-order valence-corrected chi connectivity index (χ4v) is 4.15. The van der Waals surface area contributed by atoms with Gasteiger partial charge < -0.3 is 9.47 Å². The molecule has 0 spiro atoms. The van der Waals surface area contributed by atoms with Crippen LogP contribution in [0.25, 0.3) is 17.0 Å². The molecule has 0 saturated carbocycles. The number of alkyl halides is 3. The Hall–Kier alpha value is -2.94. The number of fused-ring (bicyclic) bond motifs is 2. The van der Waals surface area contributed by atoms with E-state index in [-0.39, 0.29) is 23.4 Å². The van der Waals surface area contributed by atoms with Crippen molar-refractivity contribution in [1.29, 1.82) is 0 Å². The number of ether oxygens (including phenoxy) is 2. The lowest BCUT2D eigenvalue weighted by Gasteiger charge is -2.08. The Balaban J connectivity index is 1.56. The van der Waals surface area contributed by atoms with Crippen LogP contribution in [0.3, 0.4) is 0 Å². The van der Waals surface area contributed by atoms with E-state index in [9.17, 15) is 21.6 Å². The van der Waals surface area contributed by atoms with Gasteiger partial charge in [0.1, 0.15) is 0 Å². The molecule has 146 valence electrons. The molecule has 28 heavy (non-hydrogen) atoms. The summed E-state index contributed by atoms with van der Waals surface area (Å²) < 4.78 is 75.1. The Morgan fingerprint density at radius 2 is 1.82 bits per heavy atom. The van der Waals surface area contributed by atoms with E-state index in [0.29, 0.717) is 11.5 Å². The number of benzene rings is 2. The number of rotatable bonds is 4. The second-order valence-corrected chi connectivity index (χ2v) is 8.07. The molecular formula is C19H14F3NO4S. The summed E-state index contributed by atoms with van der Waals surface area (Å²) in [5.74, 6) is 0.898. The predicted octanol–water partition coefficient (Wildman–Crippen LogP) is 4.28. The third-order valence-corrected chi connectivity index (χ3v) is 5.83. The predicted molar refractivity (Wildman–Crippen MR) is 97.7 cm³/mol. The summed E-state index contributed by atoms with van der Waals surface area (Å²) in [5, 5.41) is 0.207. The summed E-state index contributed by atoms with van der Waals surface area (Å²) in [7, 11) is -3.78. The van der Waals surface area contributed by atoms with Gasteiger partial charge in [0.25, 0.3) is 0 Å². The number of aromatic nitrogens is 1. The van der Waals surface area contributed by atoms with Gasteiger partial charge in [-0.2, -0.15) is 13.2 Å². The van der Waals surface area contributed by atoms with Crippen molar-refractivity contribution in [2.24, 2.45) is 0 Å². The Kier molecular flexibility index (Phi) is 4.34. The number of hydrogen-bond acceptors (Lipinski definition) is 4. The highest BCUT2D eigenvalue weighted by Gasteiger charge is 2.30. The Bertz CT molecular complexity index is 1180. The average molecular weight is 409 g/mol. The molecule has 2 heterocycles. The molecule has 0 saturated heterocycles. The molecule has 9 heteroatoms. The molecule has 0 aliphatic carbocycles. The van der Waals surface area contributed by atoms with E-state index in [2.05, 4.69) is 0 Å². The molecule has 2 aromatic carbocycles. The van der Waals surface area contributed by atoms with Gasteiger partial charge in [-0.25, -0.2) is 12.4 Å². The van der Waals surface area contributed by atoms with Gasteiger partial charge in [-0.3, -0.25) is 0 Å². The molecular weight excluding hydrogens is 395 g/mol. The fourth-order valence-electron chi connectivity index (χ4n) is 2.94. The molecule has 4 rings (SSSR count). The van der Waals surface area contributed by atoms with Gasteiger partial charge in [0.05, 0.1) is 16.8 Å². The molecule has 1 aliphatic heterocycles. The summed E-state index contributed by atoms with van der Waals surface area (Å²) in [6, 6.07) is 9.55. The molecule has 0 radical (unpaired) electrons. The van der Waals surface area contributed by atoms with Crippen molar-refractivity contribution in [2.45, 2.75) is 6.18 Å². The van der Waals surface area contributed by atoms with Crippen LogP contribution in [0.4, 0.5) is 13.2 Å². The normalized spacial score (nSPS) is 14.2. The van der Waals surface area contributed by atoms with Crippen molar-refractivity contribution in [1.82, 2.24) is 3.97 Å². The van der Waals surface area contributed by atoms with Crippen molar-refractivity contribution in [3.63, 3.8) is 0 Å². The first-order valence-corrected chi connectivity index (χ1v) is 9.83. The minimum atomic E-state index is -4.48. The maximum Gasteiger partial charge on any atom is 0.416 e. The van der Waals surface area contributed by atoms with E-state index in [0.717, 1.165) is 27.7 Å². The van der Waals surface area contributed by atoms with E-state index in [4.69, 9.17) is 9.47 Å². The fraction of sp³-hybridized carbons (Fsp3) is 0.158. The van der Waals surface area contributed by atoms with Gasteiger partial charge in [0.15, 0.2) is 11.5 Å². The quantitative estimate of drug-likeness (QED) is 0.646. The van der Waals surface area contributed by atoms with Crippen molar-refractivity contribution >= 4 is 27.0 Å². The lowest BCUT2D eigenvalue weighted by atomic mass is 10.1. The molecule has 0 amide bonds. The van der Waals surface area contributed by atoms with Crippen LogP contribution >= 0.6 is 0 Å². The largest absolute Gasteiger partial charge is 0.454 e. The van der Waals surface area contributed by atoms with Crippen LogP contribution in [0.5, 0.6) is 11.5 Å². The highest BCUT2D eigenvalue weighted by molar-refractivity contribution is 7.90. The minimum Gasteiger partial charge on any atom is -0.454 e. The van der Waals surface area contributed by atoms with Crippen LogP contribution < -0.4 is 9.47 Å². The first-order chi connectivity index (χ1) is 13.2. The number of nitrogens with zero attached hydrogens (tertiary/aromatic N) is 1. The van der Waals surface area contributed by atoms with E-state index >= 15 is 0 Å². The topological polar surface area (TPSA) is 57.5 Å². The number of hydrogen-bond donors (Lipinski definition) is 0. The van der Waals surface area contributed by atoms with Crippen LogP contribution in [0.1, 0.15) is 11.1 Å². The highest BCUT2D eigenvalue weighted by atomic mass is 32.2. The first-order valence-electron chi connectivity index (χ1n) is 8.22. The Morgan fingerprint density at radius 3 is 2.61 bits per heavy atom. The summed E-state index contributed by atoms with van der Waals surface area (Å²) >= 11 is 0. The average Bonchev–Trinajstić information content (AvgIpc) is 3.26. The SMILES string of the molecule is O=S(=O)(CC=Cc1ccc2c(c1)OCO2)n1ccc2cc(C(F)(F)F)ccc21. The van der Waals surface area contributed by atoms with E-state index in [1.165, 1.54) is 18.3 Å². The van der Waals surface area contributed by atoms with Crippen molar-refractivity contribution in [2.75, 3.05) is 12.5 Å². The first kappa shape index (κ1) is 18.4. The monoisotopic (exact) mass is 409 g/mol. The second kappa shape index (κ2) is 6.59. The van der Waals surface area contributed by atoms with Gasteiger partial charge >= 0.3 is 6.18 Å². The van der Waals surface area contributed by atoms with Gasteiger partial charge in [-0.15, -0.1) is 0 Å². The van der Waals surface area contributed by atoms with Crippen molar-refractivity contribution in [3.8, 4) is 11.5 Å². The lowest BCUT2D eigenvalue weighted by Crippen LogP contribution is -2.14. The van der Waals surface area contributed by atoms with Crippen LogP contribution in [-0.2, 0) is 16.2 Å². The summed E-state index contributed by atoms with van der Waals surface area (Å²) in [5.41, 5.74) is 0.119. The second-order valence-electron chi connectivity index (χ2n) is 6.18. The zero-order valence-corrected chi connectivity index (χ0v) is 15.1. The molecule has 0 N–H and O–H groups in total. The summed E-state index contributed by atoms with van der Waals surface area (Å²) in [4.78, 5) is 0. The maximum absolute atomic E-state index is 12.8. The maximum atomic E-state index is 12.8. The van der Waals surface area contributed by atoms with Gasteiger partial charge in [-0.1, -0.05) is 18.2 Å². The molecule has 3 aromatic rings. The van der Waals surface area contributed by atoms with Crippen LogP contribution in [0.2, 0.25) is 0 Å². The standard InChI is InChI=1S/C19H14F3NO4S/c20-19(21,22)15-4-5-16-14(11-15)7-8-23(16)28(24,25)9-1-2-13-3-6-17-18(10-13)27-12-26-17/h1-8,10-11H,9,12H2. The van der Waals surface area contributed by atoms with Gasteiger partial charge in [0, 0.05) is 11.6 Å². The zero-order valence-electron chi connectivity index (χ0n) is 14.3.